The van der Waals surface area contributed by atoms with Crippen LogP contribution in [0.2, 0.25) is 0 Å². The summed E-state index contributed by atoms with van der Waals surface area (Å²) in [5.74, 6) is 0.0238. The van der Waals surface area contributed by atoms with E-state index >= 15 is 0 Å². The summed E-state index contributed by atoms with van der Waals surface area (Å²) in [6, 6.07) is 0.335. The Bertz CT molecular complexity index is 481. The Balaban J connectivity index is 1.53. The molecule has 7 heteroatoms. The molecule has 0 aromatic heterocycles. The highest BCUT2D eigenvalue weighted by molar-refractivity contribution is 8.15. The van der Waals surface area contributed by atoms with Gasteiger partial charge >= 0.3 is 0 Å². The molecule has 1 aliphatic carbocycles. The van der Waals surface area contributed by atoms with Gasteiger partial charge in [0.1, 0.15) is 5.25 Å². The molecule has 0 spiro atoms. The van der Waals surface area contributed by atoms with Crippen LogP contribution in [-0.4, -0.2) is 59.4 Å². The standard InChI is InChI=1S/C17H28N4O2S/c22-15(21-10-5-8-18-9-11-21)12-14-16(23)20-17(24-14)19-13-6-3-1-2-4-7-13/h13-14,18H,1-12H2,(H,19,20,23). The lowest BCUT2D eigenvalue weighted by atomic mass is 10.1. The van der Waals surface area contributed by atoms with Gasteiger partial charge in [0.2, 0.25) is 11.8 Å². The van der Waals surface area contributed by atoms with Crippen molar-refractivity contribution in [2.45, 2.75) is 62.7 Å². The normalized spacial score (nSPS) is 28.5. The minimum absolute atomic E-state index is 0.0614. The van der Waals surface area contributed by atoms with E-state index in [1.165, 1.54) is 37.4 Å². The maximum Gasteiger partial charge on any atom is 0.240 e. The first-order valence-electron chi connectivity index (χ1n) is 9.26. The van der Waals surface area contributed by atoms with Crippen LogP contribution in [-0.2, 0) is 9.59 Å². The predicted molar refractivity (Wildman–Crippen MR) is 97.1 cm³/mol. The zero-order valence-corrected chi connectivity index (χ0v) is 15.1. The van der Waals surface area contributed by atoms with Crippen molar-refractivity contribution in [2.75, 3.05) is 26.2 Å². The van der Waals surface area contributed by atoms with Crippen molar-refractivity contribution in [2.24, 2.45) is 4.99 Å². The molecule has 0 aromatic carbocycles. The number of carbonyl (C=O) groups is 2. The van der Waals surface area contributed by atoms with Gasteiger partial charge in [0.05, 0.1) is 6.04 Å². The molecule has 3 rings (SSSR count). The largest absolute Gasteiger partial charge is 0.341 e. The molecule has 1 unspecified atom stereocenters. The Labute approximate surface area is 148 Å². The second-order valence-electron chi connectivity index (χ2n) is 6.86. The van der Waals surface area contributed by atoms with E-state index in [1.54, 1.807) is 0 Å². The number of hydrogen-bond acceptors (Lipinski definition) is 5. The van der Waals surface area contributed by atoms with Crippen molar-refractivity contribution in [3.05, 3.63) is 0 Å². The smallest absolute Gasteiger partial charge is 0.240 e. The van der Waals surface area contributed by atoms with Crippen molar-refractivity contribution in [3.8, 4) is 0 Å². The number of nitrogens with one attached hydrogen (secondary N) is 2. The van der Waals surface area contributed by atoms with Crippen LogP contribution in [0.5, 0.6) is 0 Å². The van der Waals surface area contributed by atoms with Gasteiger partial charge < -0.3 is 15.5 Å². The maximum absolute atomic E-state index is 12.5. The first-order chi connectivity index (χ1) is 11.7. The number of amides is 2. The number of amidine groups is 1. The molecule has 0 aromatic rings. The fourth-order valence-electron chi connectivity index (χ4n) is 3.54. The summed E-state index contributed by atoms with van der Waals surface area (Å²) in [5.41, 5.74) is 0. The average molecular weight is 353 g/mol. The monoisotopic (exact) mass is 352 g/mol. The minimum atomic E-state index is -0.321. The van der Waals surface area contributed by atoms with E-state index in [-0.39, 0.29) is 23.5 Å². The van der Waals surface area contributed by atoms with Crippen LogP contribution in [0.4, 0.5) is 0 Å². The van der Waals surface area contributed by atoms with Crippen LogP contribution in [0.25, 0.3) is 0 Å². The van der Waals surface area contributed by atoms with E-state index in [2.05, 4.69) is 10.6 Å². The molecule has 2 saturated heterocycles. The second kappa shape index (κ2) is 8.85. The van der Waals surface area contributed by atoms with Gasteiger partial charge in [0, 0.05) is 26.1 Å². The number of carbonyl (C=O) groups excluding carboxylic acids is 2. The SMILES string of the molecule is O=C1NC(=NC2CCCCCC2)SC1CC(=O)N1CCCNCC1. The third kappa shape index (κ3) is 4.96. The van der Waals surface area contributed by atoms with Gasteiger partial charge in [-0.3, -0.25) is 14.6 Å². The Morgan fingerprint density at radius 2 is 1.92 bits per heavy atom. The summed E-state index contributed by atoms with van der Waals surface area (Å²) in [7, 11) is 0. The number of nitrogens with zero attached hydrogens (tertiary/aromatic N) is 2. The molecule has 2 heterocycles. The fraction of sp³-hybridized carbons (Fsp3) is 0.824. The number of thioether (sulfide) groups is 1. The van der Waals surface area contributed by atoms with Gasteiger partial charge in [-0.1, -0.05) is 37.4 Å². The molecule has 2 N–H and O–H groups in total. The van der Waals surface area contributed by atoms with E-state index in [9.17, 15) is 9.59 Å². The molecule has 0 radical (unpaired) electrons. The second-order valence-corrected chi connectivity index (χ2v) is 8.06. The third-order valence-electron chi connectivity index (χ3n) is 4.95. The quantitative estimate of drug-likeness (QED) is 0.755. The van der Waals surface area contributed by atoms with Crippen LogP contribution in [0.15, 0.2) is 4.99 Å². The van der Waals surface area contributed by atoms with Crippen LogP contribution in [0.1, 0.15) is 51.4 Å². The highest BCUT2D eigenvalue weighted by Crippen LogP contribution is 2.26. The van der Waals surface area contributed by atoms with Crippen LogP contribution >= 0.6 is 11.8 Å². The molecule has 3 aliphatic rings. The lowest BCUT2D eigenvalue weighted by molar-refractivity contribution is -0.132. The Kier molecular flexibility index (Phi) is 6.54. The molecule has 1 atom stereocenters. The van der Waals surface area contributed by atoms with Crippen molar-refractivity contribution in [1.82, 2.24) is 15.5 Å². The number of rotatable bonds is 3. The van der Waals surface area contributed by atoms with Crippen molar-refractivity contribution >= 4 is 28.7 Å². The Morgan fingerprint density at radius 1 is 1.12 bits per heavy atom. The fourth-order valence-corrected chi connectivity index (χ4v) is 4.57. The van der Waals surface area contributed by atoms with E-state index in [4.69, 9.17) is 4.99 Å². The number of hydrogen-bond donors (Lipinski definition) is 2. The predicted octanol–water partition coefficient (Wildman–Crippen LogP) is 1.51. The summed E-state index contributed by atoms with van der Waals surface area (Å²) in [5, 5.41) is 6.58. The van der Waals surface area contributed by atoms with Gasteiger partial charge in [-0.25, -0.2) is 0 Å². The molecule has 2 amide bonds. The lowest BCUT2D eigenvalue weighted by Crippen LogP contribution is -2.37. The Morgan fingerprint density at radius 3 is 2.71 bits per heavy atom. The zero-order chi connectivity index (χ0) is 16.8. The summed E-state index contributed by atoms with van der Waals surface area (Å²) in [4.78, 5) is 31.3. The van der Waals surface area contributed by atoms with Gasteiger partial charge in [0.25, 0.3) is 0 Å². The Hall–Kier alpha value is -1.08. The molecule has 2 aliphatic heterocycles. The molecule has 3 fully saturated rings. The van der Waals surface area contributed by atoms with Gasteiger partial charge in [-0.05, 0) is 25.8 Å². The molecule has 6 nitrogen and oxygen atoms in total. The molecule has 24 heavy (non-hydrogen) atoms. The van der Waals surface area contributed by atoms with E-state index in [0.717, 1.165) is 50.6 Å². The van der Waals surface area contributed by atoms with Gasteiger partial charge in [0.15, 0.2) is 5.17 Å². The van der Waals surface area contributed by atoms with Crippen molar-refractivity contribution in [3.63, 3.8) is 0 Å². The summed E-state index contributed by atoms with van der Waals surface area (Å²) >= 11 is 1.44. The van der Waals surface area contributed by atoms with E-state index in [0.29, 0.717) is 6.04 Å². The highest BCUT2D eigenvalue weighted by atomic mass is 32.2. The lowest BCUT2D eigenvalue weighted by Gasteiger charge is -2.20. The summed E-state index contributed by atoms with van der Waals surface area (Å²) in [6.07, 6.45) is 8.53. The third-order valence-corrected chi connectivity index (χ3v) is 6.05. The van der Waals surface area contributed by atoms with Crippen LogP contribution < -0.4 is 10.6 Å². The zero-order valence-electron chi connectivity index (χ0n) is 14.3. The summed E-state index contributed by atoms with van der Waals surface area (Å²) in [6.45, 7) is 3.32. The molecule has 1 saturated carbocycles. The average Bonchev–Trinajstić information content (AvgIpc) is 2.84. The molecular weight excluding hydrogens is 324 g/mol. The topological polar surface area (TPSA) is 73.8 Å². The van der Waals surface area contributed by atoms with Crippen molar-refractivity contribution < 1.29 is 9.59 Å². The summed E-state index contributed by atoms with van der Waals surface area (Å²) < 4.78 is 0. The number of aliphatic imine (C=N–C) groups is 1. The van der Waals surface area contributed by atoms with Crippen LogP contribution in [0, 0.1) is 0 Å². The first-order valence-corrected chi connectivity index (χ1v) is 10.1. The van der Waals surface area contributed by atoms with E-state index in [1.807, 2.05) is 4.90 Å². The molecule has 0 bridgehead atoms. The molecule has 134 valence electrons. The van der Waals surface area contributed by atoms with Crippen molar-refractivity contribution in [1.29, 1.82) is 0 Å². The van der Waals surface area contributed by atoms with Gasteiger partial charge in [-0.15, -0.1) is 0 Å². The first kappa shape index (κ1) is 17.7. The van der Waals surface area contributed by atoms with Gasteiger partial charge in [-0.2, -0.15) is 0 Å². The minimum Gasteiger partial charge on any atom is -0.341 e. The molecular formula is C17H28N4O2S. The maximum atomic E-state index is 12.5. The highest BCUT2D eigenvalue weighted by Gasteiger charge is 2.33. The van der Waals surface area contributed by atoms with Crippen LogP contribution in [0.3, 0.4) is 0 Å². The van der Waals surface area contributed by atoms with E-state index < -0.39 is 0 Å².